The second-order valence-electron chi connectivity index (χ2n) is 2.59. The molecule has 0 atom stereocenters. The lowest BCUT2D eigenvalue weighted by Gasteiger charge is -2.05. The molecule has 1 rings (SSSR count). The van der Waals surface area contributed by atoms with E-state index in [-0.39, 0.29) is 0 Å². The summed E-state index contributed by atoms with van der Waals surface area (Å²) in [4.78, 5) is 11.0. The van der Waals surface area contributed by atoms with Gasteiger partial charge in [-0.2, -0.15) is 0 Å². The number of carbonyl (C=O) groups is 1. The minimum Gasteiger partial charge on any atom is -0.298 e. The fraction of sp³-hybridized carbons (Fsp3) is 0.182. The minimum absolute atomic E-state index is 0.783. The van der Waals surface area contributed by atoms with Crippen LogP contribution >= 0.6 is 23.5 Å². The summed E-state index contributed by atoms with van der Waals surface area (Å²) in [5, 5.41) is 0. The van der Waals surface area contributed by atoms with Crippen LogP contribution in [0.25, 0.3) is 5.57 Å². The third-order valence-corrected chi connectivity index (χ3v) is 3.97. The standard InChI is InChI=1S/C11H12OS2/c1-13-11(14-2)10(8-12)9-6-4-3-5-7-9/h3-8H,1-2H3. The van der Waals surface area contributed by atoms with Crippen molar-refractivity contribution in [3.63, 3.8) is 0 Å². The van der Waals surface area contributed by atoms with Crippen LogP contribution in [0.4, 0.5) is 0 Å². The molecule has 0 saturated carbocycles. The summed E-state index contributed by atoms with van der Waals surface area (Å²) in [6, 6.07) is 9.74. The van der Waals surface area contributed by atoms with E-state index < -0.39 is 0 Å². The van der Waals surface area contributed by atoms with Crippen LogP contribution in [0.15, 0.2) is 34.6 Å². The smallest absolute Gasteiger partial charge is 0.152 e. The molecule has 0 unspecified atom stereocenters. The van der Waals surface area contributed by atoms with E-state index in [4.69, 9.17) is 0 Å². The minimum atomic E-state index is 0.783. The van der Waals surface area contributed by atoms with Gasteiger partial charge in [0.15, 0.2) is 6.29 Å². The zero-order chi connectivity index (χ0) is 10.4. The molecule has 0 amide bonds. The molecule has 0 aliphatic rings. The predicted octanol–water partition coefficient (Wildman–Crippen LogP) is 3.28. The Kier molecular flexibility index (Phi) is 4.84. The average Bonchev–Trinajstić information content (AvgIpc) is 2.27. The summed E-state index contributed by atoms with van der Waals surface area (Å²) in [5.74, 6) is 0. The molecule has 0 fully saturated rings. The Morgan fingerprint density at radius 2 is 1.71 bits per heavy atom. The Hall–Kier alpha value is -0.670. The highest BCUT2D eigenvalue weighted by atomic mass is 32.2. The van der Waals surface area contributed by atoms with Gasteiger partial charge in [0.05, 0.1) is 4.24 Å². The van der Waals surface area contributed by atoms with Crippen LogP contribution in [0.2, 0.25) is 0 Å². The van der Waals surface area contributed by atoms with Crippen LogP contribution < -0.4 is 0 Å². The van der Waals surface area contributed by atoms with Gasteiger partial charge < -0.3 is 0 Å². The lowest BCUT2D eigenvalue weighted by Crippen LogP contribution is -1.87. The number of hydrogen-bond donors (Lipinski definition) is 0. The lowest BCUT2D eigenvalue weighted by molar-refractivity contribution is -0.103. The van der Waals surface area contributed by atoms with Gasteiger partial charge in [-0.3, -0.25) is 4.79 Å². The van der Waals surface area contributed by atoms with Crippen LogP contribution in [0.5, 0.6) is 0 Å². The van der Waals surface area contributed by atoms with Gasteiger partial charge in [0.2, 0.25) is 0 Å². The van der Waals surface area contributed by atoms with Crippen LogP contribution in [-0.2, 0) is 4.79 Å². The Labute approximate surface area is 93.0 Å². The first-order valence-electron chi connectivity index (χ1n) is 4.16. The first kappa shape index (κ1) is 11.4. The van der Waals surface area contributed by atoms with Crippen molar-refractivity contribution in [3.8, 4) is 0 Å². The van der Waals surface area contributed by atoms with Gasteiger partial charge in [0, 0.05) is 5.57 Å². The van der Waals surface area contributed by atoms with E-state index >= 15 is 0 Å². The molecular weight excluding hydrogens is 212 g/mol. The Morgan fingerprint density at radius 3 is 2.14 bits per heavy atom. The van der Waals surface area contributed by atoms with Crippen molar-refractivity contribution in [1.82, 2.24) is 0 Å². The fourth-order valence-corrected chi connectivity index (χ4v) is 2.59. The largest absolute Gasteiger partial charge is 0.298 e. The van der Waals surface area contributed by atoms with Gasteiger partial charge >= 0.3 is 0 Å². The van der Waals surface area contributed by atoms with Crippen LogP contribution in [-0.4, -0.2) is 18.8 Å². The second-order valence-corrected chi connectivity index (χ2v) is 4.48. The molecule has 0 saturated heterocycles. The zero-order valence-electron chi connectivity index (χ0n) is 8.19. The second kappa shape index (κ2) is 5.94. The number of hydrogen-bond acceptors (Lipinski definition) is 3. The van der Waals surface area contributed by atoms with Gasteiger partial charge in [-0.25, -0.2) is 0 Å². The van der Waals surface area contributed by atoms with E-state index in [0.29, 0.717) is 0 Å². The molecule has 0 bridgehead atoms. The molecule has 0 aromatic heterocycles. The normalized spacial score (nSPS) is 9.57. The van der Waals surface area contributed by atoms with E-state index in [1.165, 1.54) is 0 Å². The first-order chi connectivity index (χ1) is 6.83. The molecule has 1 aromatic carbocycles. The topological polar surface area (TPSA) is 17.1 Å². The Morgan fingerprint density at radius 1 is 1.14 bits per heavy atom. The number of benzene rings is 1. The van der Waals surface area contributed by atoms with Gasteiger partial charge in [0.25, 0.3) is 0 Å². The number of carbonyl (C=O) groups excluding carboxylic acids is 1. The molecule has 1 nitrogen and oxygen atoms in total. The predicted molar refractivity (Wildman–Crippen MR) is 66.5 cm³/mol. The fourth-order valence-electron chi connectivity index (χ4n) is 1.15. The molecule has 3 heteroatoms. The van der Waals surface area contributed by atoms with E-state index in [2.05, 4.69) is 0 Å². The highest BCUT2D eigenvalue weighted by Crippen LogP contribution is 2.31. The van der Waals surface area contributed by atoms with Crippen LogP contribution in [0.1, 0.15) is 5.56 Å². The first-order valence-corrected chi connectivity index (χ1v) is 6.61. The maximum atomic E-state index is 11.0. The molecular formula is C11H12OS2. The molecule has 0 heterocycles. The molecule has 1 aromatic rings. The summed E-state index contributed by atoms with van der Waals surface area (Å²) in [6.07, 6.45) is 4.90. The summed E-state index contributed by atoms with van der Waals surface area (Å²) in [6.45, 7) is 0. The summed E-state index contributed by atoms with van der Waals surface area (Å²) >= 11 is 3.22. The van der Waals surface area contributed by atoms with Crippen molar-refractivity contribution in [3.05, 3.63) is 40.1 Å². The van der Waals surface area contributed by atoms with Gasteiger partial charge in [-0.05, 0) is 18.1 Å². The zero-order valence-corrected chi connectivity index (χ0v) is 9.82. The van der Waals surface area contributed by atoms with Gasteiger partial charge in [-0.15, -0.1) is 23.5 Å². The number of aldehydes is 1. The molecule has 0 aliphatic carbocycles. The lowest BCUT2D eigenvalue weighted by atomic mass is 10.1. The Balaban J connectivity index is 3.15. The third-order valence-electron chi connectivity index (χ3n) is 1.79. The quantitative estimate of drug-likeness (QED) is 0.577. The van der Waals surface area contributed by atoms with E-state index in [1.54, 1.807) is 23.5 Å². The van der Waals surface area contributed by atoms with Crippen molar-refractivity contribution in [2.24, 2.45) is 0 Å². The highest BCUT2D eigenvalue weighted by Gasteiger charge is 2.06. The van der Waals surface area contributed by atoms with Crippen molar-refractivity contribution in [1.29, 1.82) is 0 Å². The number of thioether (sulfide) groups is 2. The van der Waals surface area contributed by atoms with Gasteiger partial charge in [-0.1, -0.05) is 30.3 Å². The van der Waals surface area contributed by atoms with Crippen LogP contribution in [0, 0.1) is 0 Å². The van der Waals surface area contributed by atoms with Crippen molar-refractivity contribution in [2.75, 3.05) is 12.5 Å². The molecule has 74 valence electrons. The Bertz CT molecular complexity index is 324. The van der Waals surface area contributed by atoms with Gasteiger partial charge in [0.1, 0.15) is 0 Å². The summed E-state index contributed by atoms with van der Waals surface area (Å²) < 4.78 is 1.06. The van der Waals surface area contributed by atoms with E-state index in [1.807, 2.05) is 42.8 Å². The molecule has 0 aliphatic heterocycles. The highest BCUT2D eigenvalue weighted by molar-refractivity contribution is 8.22. The SMILES string of the molecule is CSC(SC)=C(C=O)c1ccccc1. The molecule has 0 N–H and O–H groups in total. The molecule has 0 radical (unpaired) electrons. The third kappa shape index (κ3) is 2.66. The van der Waals surface area contributed by atoms with E-state index in [9.17, 15) is 4.79 Å². The molecule has 14 heavy (non-hydrogen) atoms. The monoisotopic (exact) mass is 224 g/mol. The van der Waals surface area contributed by atoms with Crippen molar-refractivity contribution in [2.45, 2.75) is 0 Å². The maximum Gasteiger partial charge on any atom is 0.152 e. The maximum absolute atomic E-state index is 11.0. The number of allylic oxidation sites excluding steroid dienone is 1. The number of rotatable bonds is 4. The van der Waals surface area contributed by atoms with Crippen LogP contribution in [0.3, 0.4) is 0 Å². The van der Waals surface area contributed by atoms with Crippen molar-refractivity contribution >= 4 is 35.4 Å². The summed E-state index contributed by atoms with van der Waals surface area (Å²) in [7, 11) is 0. The molecule has 0 spiro atoms. The van der Waals surface area contributed by atoms with E-state index in [0.717, 1.165) is 21.7 Å². The average molecular weight is 224 g/mol. The van der Waals surface area contributed by atoms with Crippen molar-refractivity contribution < 1.29 is 4.79 Å². The summed E-state index contributed by atoms with van der Waals surface area (Å²) in [5.41, 5.74) is 1.77.